The minimum absolute atomic E-state index is 0.0634. The number of nitrogens with zero attached hydrogens (tertiary/aromatic N) is 4. The van der Waals surface area contributed by atoms with Crippen molar-refractivity contribution >= 4 is 23.2 Å². The predicted octanol–water partition coefficient (Wildman–Crippen LogP) is 1.46. The number of nitrogens with two attached hydrogens (primary N) is 1. The van der Waals surface area contributed by atoms with Gasteiger partial charge in [-0.15, -0.1) is 0 Å². The van der Waals surface area contributed by atoms with Crippen LogP contribution >= 0.6 is 11.6 Å². The number of hydrogen-bond acceptors (Lipinski definition) is 4. The van der Waals surface area contributed by atoms with Gasteiger partial charge in [0.15, 0.2) is 0 Å². The van der Waals surface area contributed by atoms with Crippen LogP contribution in [0.5, 0.6) is 0 Å². The number of nitrogen functional groups attached to an aromatic ring is 1. The maximum absolute atomic E-state index is 12.2. The lowest BCUT2D eigenvalue weighted by molar-refractivity contribution is -0.127. The molecule has 86 valence electrons. The second kappa shape index (κ2) is 3.48. The van der Waals surface area contributed by atoms with Gasteiger partial charge in [0.05, 0.1) is 6.42 Å². The quantitative estimate of drug-likeness (QED) is 0.779. The molecule has 0 aromatic carbocycles. The molecular formula is C7H5ClF3N5. The zero-order chi connectivity index (χ0) is 11.9. The fraction of sp³-hybridized carbons (Fsp3) is 0.286. The van der Waals surface area contributed by atoms with Gasteiger partial charge in [-0.25, -0.2) is 0 Å². The minimum Gasteiger partial charge on any atom is -0.383 e. The van der Waals surface area contributed by atoms with Crippen LogP contribution in [-0.4, -0.2) is 25.8 Å². The highest BCUT2D eigenvalue weighted by Crippen LogP contribution is 2.28. The molecule has 2 aromatic rings. The lowest BCUT2D eigenvalue weighted by Gasteiger charge is -2.10. The zero-order valence-electron chi connectivity index (χ0n) is 7.66. The van der Waals surface area contributed by atoms with E-state index in [4.69, 9.17) is 17.3 Å². The molecule has 0 aliphatic rings. The summed E-state index contributed by atoms with van der Waals surface area (Å²) < 4.78 is 37.7. The molecule has 2 rings (SSSR count). The third-order valence-corrected chi connectivity index (χ3v) is 2.20. The van der Waals surface area contributed by atoms with E-state index in [1.807, 2.05) is 0 Å². The molecule has 2 heterocycles. The first-order valence-electron chi connectivity index (χ1n) is 4.09. The van der Waals surface area contributed by atoms with Crippen molar-refractivity contribution in [1.29, 1.82) is 0 Å². The van der Waals surface area contributed by atoms with Crippen molar-refractivity contribution in [2.45, 2.75) is 12.6 Å². The Morgan fingerprint density at radius 2 is 2.12 bits per heavy atom. The van der Waals surface area contributed by atoms with Gasteiger partial charge in [-0.2, -0.15) is 32.8 Å². The summed E-state index contributed by atoms with van der Waals surface area (Å²) in [6.45, 7) is 0. The Hall–Kier alpha value is -1.57. The highest BCUT2D eigenvalue weighted by molar-refractivity contribution is 6.30. The smallest absolute Gasteiger partial charge is 0.383 e. The molecule has 0 radical (unpaired) electrons. The highest BCUT2D eigenvalue weighted by atomic mass is 35.5. The first-order chi connectivity index (χ1) is 7.38. The fourth-order valence-corrected chi connectivity index (χ4v) is 1.47. The number of fused-ring (bicyclic) bond motifs is 1. The van der Waals surface area contributed by atoms with Crippen molar-refractivity contribution < 1.29 is 13.2 Å². The van der Waals surface area contributed by atoms with Crippen LogP contribution in [0.2, 0.25) is 5.15 Å². The van der Waals surface area contributed by atoms with Gasteiger partial charge in [0.25, 0.3) is 5.78 Å². The maximum Gasteiger partial charge on any atom is 0.393 e. The average molecular weight is 252 g/mol. The second-order valence-corrected chi connectivity index (χ2v) is 3.39. The van der Waals surface area contributed by atoms with Crippen LogP contribution in [0.15, 0.2) is 6.33 Å². The summed E-state index contributed by atoms with van der Waals surface area (Å²) in [5, 5.41) is 3.33. The zero-order valence-corrected chi connectivity index (χ0v) is 8.42. The van der Waals surface area contributed by atoms with Gasteiger partial charge in [-0.3, -0.25) is 0 Å². The molecule has 0 fully saturated rings. The summed E-state index contributed by atoms with van der Waals surface area (Å²) in [5.41, 5.74) is 5.21. The summed E-state index contributed by atoms with van der Waals surface area (Å²) in [6.07, 6.45) is -4.53. The number of rotatable bonds is 1. The van der Waals surface area contributed by atoms with Crippen molar-refractivity contribution in [2.75, 3.05) is 5.73 Å². The Balaban J connectivity index is 2.59. The Morgan fingerprint density at radius 1 is 1.44 bits per heavy atom. The van der Waals surface area contributed by atoms with Crippen molar-refractivity contribution in [3.05, 3.63) is 17.0 Å². The summed E-state index contributed by atoms with van der Waals surface area (Å²) in [7, 11) is 0. The third-order valence-electron chi connectivity index (χ3n) is 1.89. The van der Waals surface area contributed by atoms with E-state index in [0.29, 0.717) is 0 Å². The van der Waals surface area contributed by atoms with E-state index < -0.39 is 12.6 Å². The Morgan fingerprint density at radius 3 is 2.75 bits per heavy atom. The Bertz CT molecular complexity index is 535. The van der Waals surface area contributed by atoms with Gasteiger partial charge in [0.2, 0.25) is 0 Å². The minimum atomic E-state index is -4.41. The second-order valence-electron chi connectivity index (χ2n) is 3.03. The molecule has 2 N–H and O–H groups in total. The SMILES string of the molecule is Nc1c(CC(F)(F)F)c(Cl)nc2ncnn12. The van der Waals surface area contributed by atoms with E-state index in [9.17, 15) is 13.2 Å². The van der Waals surface area contributed by atoms with Crippen LogP contribution in [0.4, 0.5) is 19.0 Å². The molecule has 2 aromatic heterocycles. The predicted molar refractivity (Wildman–Crippen MR) is 50.0 cm³/mol. The highest BCUT2D eigenvalue weighted by Gasteiger charge is 2.31. The normalized spacial score (nSPS) is 12.2. The number of hydrogen-bond donors (Lipinski definition) is 1. The van der Waals surface area contributed by atoms with Gasteiger partial charge in [0, 0.05) is 5.56 Å². The molecule has 0 atom stereocenters. The van der Waals surface area contributed by atoms with Crippen molar-refractivity contribution in [2.24, 2.45) is 0 Å². The van der Waals surface area contributed by atoms with Crippen LogP contribution in [0, 0.1) is 0 Å². The number of alkyl halides is 3. The van der Waals surface area contributed by atoms with Gasteiger partial charge in [0.1, 0.15) is 17.3 Å². The van der Waals surface area contributed by atoms with E-state index >= 15 is 0 Å². The van der Waals surface area contributed by atoms with Crippen LogP contribution in [0.3, 0.4) is 0 Å². The van der Waals surface area contributed by atoms with Gasteiger partial charge >= 0.3 is 6.18 Å². The molecule has 0 saturated heterocycles. The van der Waals surface area contributed by atoms with Crippen molar-refractivity contribution in [3.8, 4) is 0 Å². The number of aromatic nitrogens is 4. The van der Waals surface area contributed by atoms with E-state index in [1.54, 1.807) is 0 Å². The van der Waals surface area contributed by atoms with Crippen molar-refractivity contribution in [3.63, 3.8) is 0 Å². The molecule has 0 aliphatic carbocycles. The molecule has 0 amide bonds. The lowest BCUT2D eigenvalue weighted by Crippen LogP contribution is -2.16. The molecule has 0 bridgehead atoms. The third kappa shape index (κ3) is 1.87. The van der Waals surface area contributed by atoms with Crippen LogP contribution in [-0.2, 0) is 6.42 Å². The first-order valence-corrected chi connectivity index (χ1v) is 4.46. The maximum atomic E-state index is 12.2. The molecule has 0 unspecified atom stereocenters. The molecule has 0 aliphatic heterocycles. The Kier molecular flexibility index (Phi) is 2.38. The van der Waals surface area contributed by atoms with Crippen LogP contribution < -0.4 is 5.73 Å². The van der Waals surface area contributed by atoms with Gasteiger partial charge in [-0.1, -0.05) is 11.6 Å². The summed E-state index contributed by atoms with van der Waals surface area (Å²) >= 11 is 5.60. The van der Waals surface area contributed by atoms with Gasteiger partial charge in [-0.05, 0) is 0 Å². The van der Waals surface area contributed by atoms with Crippen LogP contribution in [0.1, 0.15) is 5.56 Å². The van der Waals surface area contributed by atoms with E-state index in [-0.39, 0.29) is 22.3 Å². The molecule has 9 heteroatoms. The standard InChI is InChI=1S/C7H5ClF3N5/c8-4-3(1-7(9,10)11)5(12)16-6(15-4)13-2-14-16/h2H,1,12H2. The monoisotopic (exact) mass is 251 g/mol. The summed E-state index contributed by atoms with van der Waals surface area (Å²) in [5.74, 6) is -0.141. The molecule has 0 spiro atoms. The first kappa shape index (κ1) is 10.9. The summed E-state index contributed by atoms with van der Waals surface area (Å²) in [6, 6.07) is 0. The van der Waals surface area contributed by atoms with Gasteiger partial charge < -0.3 is 5.73 Å². The largest absolute Gasteiger partial charge is 0.393 e. The number of halogens is 4. The topological polar surface area (TPSA) is 69.1 Å². The average Bonchev–Trinajstić information content (AvgIpc) is 2.58. The fourth-order valence-electron chi connectivity index (χ4n) is 1.23. The van der Waals surface area contributed by atoms with Crippen molar-refractivity contribution in [1.82, 2.24) is 19.6 Å². The molecule has 0 saturated carbocycles. The van der Waals surface area contributed by atoms with E-state index in [2.05, 4.69) is 15.1 Å². The number of anilines is 1. The molecule has 16 heavy (non-hydrogen) atoms. The van der Waals surface area contributed by atoms with E-state index in [1.165, 1.54) is 0 Å². The lowest BCUT2D eigenvalue weighted by atomic mass is 10.2. The molecular weight excluding hydrogens is 247 g/mol. The molecule has 5 nitrogen and oxygen atoms in total. The summed E-state index contributed by atoms with van der Waals surface area (Å²) in [4.78, 5) is 7.33. The Labute approximate surface area is 92.0 Å². The van der Waals surface area contributed by atoms with Crippen LogP contribution in [0.25, 0.3) is 5.78 Å². The van der Waals surface area contributed by atoms with E-state index in [0.717, 1.165) is 10.8 Å².